The van der Waals surface area contributed by atoms with Crippen LogP contribution in [0.25, 0.3) is 0 Å². The zero-order chi connectivity index (χ0) is 34.0. The Morgan fingerprint density at radius 3 is 2.28 bits per heavy atom. The Balaban J connectivity index is 1.90. The summed E-state index contributed by atoms with van der Waals surface area (Å²) in [5.74, 6) is 0.0769. The van der Waals surface area contributed by atoms with Gasteiger partial charge >= 0.3 is 5.97 Å². The number of unbranched alkanes of at least 4 members (excludes halogenated alkanes) is 3. The zero-order valence-corrected chi connectivity index (χ0v) is 29.6. The molecule has 2 aliphatic rings. The lowest BCUT2D eigenvalue weighted by Gasteiger charge is -2.48. The minimum absolute atomic E-state index is 0.204. The van der Waals surface area contributed by atoms with Crippen LogP contribution in [0.4, 0.5) is 0 Å². The molecule has 47 heavy (non-hydrogen) atoms. The van der Waals surface area contributed by atoms with Crippen molar-refractivity contribution >= 4 is 17.7 Å². The monoisotopic (exact) mass is 686 g/mol. The van der Waals surface area contributed by atoms with Crippen molar-refractivity contribution in [2.24, 2.45) is 0 Å². The molecular weight excluding hydrogens is 628 g/mol. The predicted molar refractivity (Wildman–Crippen MR) is 179 cm³/mol. The van der Waals surface area contributed by atoms with Crippen LogP contribution in [0.15, 0.2) is 30.3 Å². The standard InChI is InChI=1S/C35H58O11S/c1-6-10-19-39-22-18-26(40-20-11-7-2)29(41-21-12-8-3)32(43-24(5)36)33(38)45-31-28(37)35(47-9-4)44-27-23-42-34(46-30(27)31)25-16-14-13-15-17-25/h13-17,26-35,37-38H,6-12,18-23H2,1-5H3. The summed E-state index contributed by atoms with van der Waals surface area (Å²) in [6.07, 6.45) is -2.75. The number of fused-ring (bicyclic) bond motifs is 1. The van der Waals surface area contributed by atoms with Gasteiger partial charge in [0, 0.05) is 38.9 Å². The van der Waals surface area contributed by atoms with Gasteiger partial charge in [-0.2, -0.15) is 0 Å². The van der Waals surface area contributed by atoms with E-state index in [0.717, 1.165) is 44.1 Å². The van der Waals surface area contributed by atoms with Gasteiger partial charge in [-0.05, 0) is 31.4 Å². The van der Waals surface area contributed by atoms with Crippen molar-refractivity contribution in [1.82, 2.24) is 0 Å². The number of benzene rings is 1. The van der Waals surface area contributed by atoms with Crippen LogP contribution in [-0.2, 0) is 42.7 Å². The number of rotatable bonds is 23. The summed E-state index contributed by atoms with van der Waals surface area (Å²) in [7, 11) is 0. The van der Waals surface area contributed by atoms with Crippen LogP contribution in [0.1, 0.15) is 91.4 Å². The van der Waals surface area contributed by atoms with Crippen LogP contribution in [0, 0.1) is 0 Å². The Morgan fingerprint density at radius 1 is 0.936 bits per heavy atom. The van der Waals surface area contributed by atoms with Gasteiger partial charge < -0.3 is 48.1 Å². The first kappa shape index (κ1) is 40.1. The van der Waals surface area contributed by atoms with Gasteiger partial charge in [0.15, 0.2) is 18.7 Å². The summed E-state index contributed by atoms with van der Waals surface area (Å²) in [5.41, 5.74) is 0.160. The summed E-state index contributed by atoms with van der Waals surface area (Å²) in [4.78, 5) is 12.5. The van der Waals surface area contributed by atoms with Crippen molar-refractivity contribution in [3.8, 4) is 0 Å². The molecule has 2 aliphatic heterocycles. The minimum Gasteiger partial charge on any atom is -0.454 e. The Morgan fingerprint density at radius 2 is 1.62 bits per heavy atom. The molecule has 270 valence electrons. The van der Waals surface area contributed by atoms with Gasteiger partial charge in [-0.1, -0.05) is 77.3 Å². The molecule has 11 nitrogen and oxygen atoms in total. The number of esters is 1. The zero-order valence-electron chi connectivity index (χ0n) is 28.8. The lowest BCUT2D eigenvalue weighted by atomic mass is 9.97. The molecule has 2 saturated heterocycles. The van der Waals surface area contributed by atoms with Crippen molar-refractivity contribution < 1.29 is 52.9 Å². The fourth-order valence-electron chi connectivity index (χ4n) is 5.56. The molecule has 0 bridgehead atoms. The van der Waals surface area contributed by atoms with Crippen molar-refractivity contribution in [2.45, 2.75) is 140 Å². The topological polar surface area (TPSA) is 131 Å². The molecule has 0 aliphatic carbocycles. The number of carbonyl (C=O) groups is 1. The maximum atomic E-state index is 12.5. The smallest absolute Gasteiger partial charge is 0.303 e. The maximum absolute atomic E-state index is 12.5. The van der Waals surface area contributed by atoms with Gasteiger partial charge in [0.25, 0.3) is 0 Å². The van der Waals surface area contributed by atoms with E-state index in [-0.39, 0.29) is 6.61 Å². The van der Waals surface area contributed by atoms with Gasteiger partial charge in [-0.3, -0.25) is 4.79 Å². The first-order valence-electron chi connectivity index (χ1n) is 17.4. The molecule has 2 heterocycles. The molecule has 0 radical (unpaired) electrons. The van der Waals surface area contributed by atoms with E-state index in [1.165, 1.54) is 18.7 Å². The van der Waals surface area contributed by atoms with Crippen molar-refractivity contribution in [2.75, 3.05) is 38.8 Å². The molecule has 1 aromatic carbocycles. The normalized spacial score (nSPS) is 27.0. The van der Waals surface area contributed by atoms with E-state index >= 15 is 0 Å². The van der Waals surface area contributed by atoms with Crippen molar-refractivity contribution in [3.05, 3.63) is 35.9 Å². The Bertz CT molecular complexity index is 972. The van der Waals surface area contributed by atoms with Crippen LogP contribution in [0.2, 0.25) is 0 Å². The number of ether oxygens (including phenoxy) is 8. The second kappa shape index (κ2) is 22.4. The highest BCUT2D eigenvalue weighted by Gasteiger charge is 2.52. The lowest BCUT2D eigenvalue weighted by molar-refractivity contribution is -0.346. The molecule has 0 saturated carbocycles. The van der Waals surface area contributed by atoms with Crippen molar-refractivity contribution in [3.63, 3.8) is 0 Å². The molecule has 2 N–H and O–H groups in total. The van der Waals surface area contributed by atoms with Crippen LogP contribution in [0.3, 0.4) is 0 Å². The number of carbonyl (C=O) groups excluding carboxylic acids is 1. The van der Waals surface area contributed by atoms with E-state index < -0.39 is 66.7 Å². The first-order valence-corrected chi connectivity index (χ1v) is 18.5. The van der Waals surface area contributed by atoms with Gasteiger partial charge in [0.2, 0.25) is 0 Å². The van der Waals surface area contributed by atoms with Gasteiger partial charge in [-0.15, -0.1) is 11.8 Å². The quantitative estimate of drug-likeness (QED) is 0.0897. The fraction of sp³-hybridized carbons (Fsp3) is 0.800. The average molecular weight is 687 g/mol. The second-order valence-electron chi connectivity index (χ2n) is 11.9. The Hall–Kier alpha value is -1.32. The molecule has 0 amide bonds. The number of hydrogen-bond acceptors (Lipinski definition) is 12. The number of aliphatic hydroxyl groups is 2. The third-order valence-corrected chi connectivity index (χ3v) is 9.16. The highest BCUT2D eigenvalue weighted by atomic mass is 32.2. The molecule has 0 spiro atoms. The number of aliphatic hydroxyl groups excluding tert-OH is 2. The van der Waals surface area contributed by atoms with E-state index in [1.807, 2.05) is 37.3 Å². The van der Waals surface area contributed by atoms with E-state index in [1.54, 1.807) is 0 Å². The van der Waals surface area contributed by atoms with E-state index in [2.05, 4.69) is 20.8 Å². The molecule has 0 aromatic heterocycles. The lowest BCUT2D eigenvalue weighted by Crippen LogP contribution is -2.63. The molecule has 10 atom stereocenters. The van der Waals surface area contributed by atoms with Crippen LogP contribution < -0.4 is 0 Å². The number of thioether (sulfide) groups is 1. The summed E-state index contributed by atoms with van der Waals surface area (Å²) in [6, 6.07) is 9.48. The second-order valence-corrected chi connectivity index (χ2v) is 13.3. The van der Waals surface area contributed by atoms with Crippen LogP contribution in [0.5, 0.6) is 0 Å². The van der Waals surface area contributed by atoms with Gasteiger partial charge in [-0.25, -0.2) is 0 Å². The molecule has 1 aromatic rings. The Labute approximate surface area is 285 Å². The SMILES string of the molecule is CCCCOCCC(OCCCC)C(OCCCC)C(OC(C)=O)C(O)OC1C(O)C(SCC)OC2COC(c3ccccc3)OC21. The highest BCUT2D eigenvalue weighted by Crippen LogP contribution is 2.38. The Kier molecular flexibility index (Phi) is 19.1. The summed E-state index contributed by atoms with van der Waals surface area (Å²) in [6.45, 7) is 11.6. The summed E-state index contributed by atoms with van der Waals surface area (Å²) >= 11 is 1.42. The average Bonchev–Trinajstić information content (AvgIpc) is 3.07. The number of hydrogen-bond donors (Lipinski definition) is 2. The highest BCUT2D eigenvalue weighted by molar-refractivity contribution is 7.99. The molecule has 10 unspecified atom stereocenters. The predicted octanol–water partition coefficient (Wildman–Crippen LogP) is 5.15. The van der Waals surface area contributed by atoms with Crippen LogP contribution >= 0.6 is 11.8 Å². The van der Waals surface area contributed by atoms with E-state index in [0.29, 0.717) is 38.6 Å². The molecule has 3 rings (SSSR count). The largest absolute Gasteiger partial charge is 0.454 e. The summed E-state index contributed by atoms with van der Waals surface area (Å²) in [5, 5.41) is 23.3. The third kappa shape index (κ3) is 12.8. The molecule has 12 heteroatoms. The third-order valence-electron chi connectivity index (χ3n) is 8.11. The first-order chi connectivity index (χ1) is 22.8. The van der Waals surface area contributed by atoms with Crippen molar-refractivity contribution in [1.29, 1.82) is 0 Å². The fourth-order valence-corrected chi connectivity index (χ4v) is 6.47. The molecule has 2 fully saturated rings. The van der Waals surface area contributed by atoms with E-state index in [9.17, 15) is 15.0 Å². The van der Waals surface area contributed by atoms with Crippen LogP contribution in [-0.4, -0.2) is 109 Å². The van der Waals surface area contributed by atoms with Gasteiger partial charge in [0.05, 0.1) is 12.7 Å². The van der Waals surface area contributed by atoms with Gasteiger partial charge in [0.1, 0.15) is 36.0 Å². The maximum Gasteiger partial charge on any atom is 0.303 e. The van der Waals surface area contributed by atoms with E-state index in [4.69, 9.17) is 37.9 Å². The molecular formula is C35H58O11S. The minimum atomic E-state index is -1.68. The summed E-state index contributed by atoms with van der Waals surface area (Å²) < 4.78 is 49.2.